The number of carbonyl (C=O) groups excluding carboxylic acids is 1. The Morgan fingerprint density at radius 1 is 1.40 bits per heavy atom. The summed E-state index contributed by atoms with van der Waals surface area (Å²) >= 11 is 4.01. The van der Waals surface area contributed by atoms with Crippen LogP contribution in [0.3, 0.4) is 0 Å². The van der Waals surface area contributed by atoms with Crippen LogP contribution in [0.5, 0.6) is 0 Å². The van der Waals surface area contributed by atoms with E-state index in [4.69, 9.17) is 0 Å². The van der Waals surface area contributed by atoms with E-state index in [9.17, 15) is 4.79 Å². The average Bonchev–Trinajstić information content (AvgIpc) is 2.03. The third-order valence-electron chi connectivity index (χ3n) is 1.42. The molecular formula is C7H12OS2. The lowest BCUT2D eigenvalue weighted by Gasteiger charge is -2.19. The zero-order valence-electron chi connectivity index (χ0n) is 5.91. The number of rotatable bonds is 3. The summed E-state index contributed by atoms with van der Waals surface area (Å²) in [7, 11) is 0. The van der Waals surface area contributed by atoms with Gasteiger partial charge in [0.25, 0.3) is 0 Å². The normalized spacial score (nSPS) is 20.8. The maximum Gasteiger partial charge on any atom is 0.120 e. The molecule has 10 heavy (non-hydrogen) atoms. The highest BCUT2D eigenvalue weighted by molar-refractivity contribution is 8.17. The minimum absolute atomic E-state index is 0.707. The second-order valence-electron chi connectivity index (χ2n) is 2.27. The van der Waals surface area contributed by atoms with E-state index in [0.717, 1.165) is 19.1 Å². The van der Waals surface area contributed by atoms with E-state index in [2.05, 4.69) is 0 Å². The Balaban J connectivity index is 2.07. The topological polar surface area (TPSA) is 17.1 Å². The molecule has 1 aliphatic heterocycles. The molecule has 0 unspecified atom stereocenters. The molecule has 0 atom stereocenters. The summed E-state index contributed by atoms with van der Waals surface area (Å²) < 4.78 is 0.707. The van der Waals surface area contributed by atoms with Crippen molar-refractivity contribution >= 4 is 29.8 Å². The minimum atomic E-state index is 0.707. The molecule has 0 amide bonds. The van der Waals surface area contributed by atoms with Gasteiger partial charge in [0.15, 0.2) is 0 Å². The van der Waals surface area contributed by atoms with Crippen LogP contribution in [0.4, 0.5) is 0 Å². The van der Waals surface area contributed by atoms with Crippen molar-refractivity contribution in [3.05, 3.63) is 0 Å². The molecule has 0 radical (unpaired) electrons. The van der Waals surface area contributed by atoms with Gasteiger partial charge in [-0.25, -0.2) is 0 Å². The van der Waals surface area contributed by atoms with Crippen molar-refractivity contribution in [1.82, 2.24) is 0 Å². The Hall–Kier alpha value is 0.370. The van der Waals surface area contributed by atoms with E-state index >= 15 is 0 Å². The second-order valence-corrected chi connectivity index (χ2v) is 5.19. The molecule has 0 N–H and O–H groups in total. The molecule has 0 spiro atoms. The van der Waals surface area contributed by atoms with Crippen LogP contribution < -0.4 is 0 Å². The molecule has 1 nitrogen and oxygen atoms in total. The predicted octanol–water partition coefficient (Wildman–Crippen LogP) is 2.16. The zero-order chi connectivity index (χ0) is 7.23. The standard InChI is InChI=1S/C7H12OS2/c8-4-1-3-7-9-5-2-6-10-7/h4,7H,1-3,5-6H2. The maximum absolute atomic E-state index is 10.0. The summed E-state index contributed by atoms with van der Waals surface area (Å²) in [5.74, 6) is 2.58. The Bertz CT molecular complexity index is 99.8. The predicted molar refractivity (Wildman–Crippen MR) is 48.6 cm³/mol. The number of hydrogen-bond donors (Lipinski definition) is 0. The molecule has 3 heteroatoms. The fourth-order valence-electron chi connectivity index (χ4n) is 0.907. The lowest BCUT2D eigenvalue weighted by Crippen LogP contribution is -2.06. The van der Waals surface area contributed by atoms with Gasteiger partial charge < -0.3 is 4.79 Å². The van der Waals surface area contributed by atoms with E-state index < -0.39 is 0 Å². The van der Waals surface area contributed by atoms with Gasteiger partial charge in [-0.1, -0.05) is 0 Å². The van der Waals surface area contributed by atoms with E-state index in [1.54, 1.807) is 0 Å². The molecule has 0 aliphatic carbocycles. The molecule has 0 saturated carbocycles. The van der Waals surface area contributed by atoms with E-state index in [-0.39, 0.29) is 0 Å². The fourth-order valence-corrected chi connectivity index (χ4v) is 3.81. The SMILES string of the molecule is O=CCCC1SCCCS1. The van der Waals surface area contributed by atoms with Crippen LogP contribution >= 0.6 is 23.5 Å². The largest absolute Gasteiger partial charge is 0.303 e. The quantitative estimate of drug-likeness (QED) is 0.613. The van der Waals surface area contributed by atoms with Crippen LogP contribution in [-0.2, 0) is 4.79 Å². The summed E-state index contributed by atoms with van der Waals surface area (Å²) in [4.78, 5) is 10.0. The molecule has 0 aromatic heterocycles. The van der Waals surface area contributed by atoms with Crippen molar-refractivity contribution in [2.75, 3.05) is 11.5 Å². The molecule has 0 bridgehead atoms. The molecular weight excluding hydrogens is 164 g/mol. The fraction of sp³-hybridized carbons (Fsp3) is 0.857. The molecule has 58 valence electrons. The van der Waals surface area contributed by atoms with Crippen LogP contribution in [0.15, 0.2) is 0 Å². The lowest BCUT2D eigenvalue weighted by atomic mass is 10.4. The van der Waals surface area contributed by atoms with Crippen molar-refractivity contribution in [3.8, 4) is 0 Å². The number of hydrogen-bond acceptors (Lipinski definition) is 3. The lowest BCUT2D eigenvalue weighted by molar-refractivity contribution is -0.107. The number of thioether (sulfide) groups is 2. The number of carbonyl (C=O) groups is 1. The van der Waals surface area contributed by atoms with Crippen molar-refractivity contribution in [1.29, 1.82) is 0 Å². The smallest absolute Gasteiger partial charge is 0.120 e. The van der Waals surface area contributed by atoms with Gasteiger partial charge >= 0.3 is 0 Å². The Morgan fingerprint density at radius 3 is 2.70 bits per heavy atom. The maximum atomic E-state index is 10.0. The summed E-state index contributed by atoms with van der Waals surface area (Å²) in [6.45, 7) is 0. The first-order valence-corrected chi connectivity index (χ1v) is 5.70. The van der Waals surface area contributed by atoms with E-state index in [0.29, 0.717) is 4.58 Å². The van der Waals surface area contributed by atoms with Gasteiger partial charge in [0.2, 0.25) is 0 Å². The third-order valence-corrected chi connectivity index (χ3v) is 4.50. The highest BCUT2D eigenvalue weighted by Gasteiger charge is 2.12. The molecule has 1 fully saturated rings. The van der Waals surface area contributed by atoms with Crippen LogP contribution in [0, 0.1) is 0 Å². The van der Waals surface area contributed by atoms with Crippen LogP contribution in [-0.4, -0.2) is 22.4 Å². The average molecular weight is 176 g/mol. The van der Waals surface area contributed by atoms with Gasteiger partial charge in [0, 0.05) is 6.42 Å². The van der Waals surface area contributed by atoms with Gasteiger partial charge in [-0.3, -0.25) is 0 Å². The van der Waals surface area contributed by atoms with Gasteiger partial charge in [-0.05, 0) is 24.3 Å². The first-order chi connectivity index (χ1) is 4.93. The molecule has 1 aliphatic rings. The first kappa shape index (κ1) is 8.47. The molecule has 1 rings (SSSR count). The highest BCUT2D eigenvalue weighted by atomic mass is 32.2. The molecule has 0 aromatic rings. The highest BCUT2D eigenvalue weighted by Crippen LogP contribution is 2.33. The van der Waals surface area contributed by atoms with Gasteiger partial charge in [0.1, 0.15) is 6.29 Å². The monoisotopic (exact) mass is 176 g/mol. The van der Waals surface area contributed by atoms with Crippen molar-refractivity contribution in [2.45, 2.75) is 23.8 Å². The van der Waals surface area contributed by atoms with E-state index in [1.807, 2.05) is 23.5 Å². The van der Waals surface area contributed by atoms with Crippen LogP contribution in [0.2, 0.25) is 0 Å². The Labute approximate surface area is 70.3 Å². The minimum Gasteiger partial charge on any atom is -0.303 e. The first-order valence-electron chi connectivity index (χ1n) is 3.60. The summed E-state index contributed by atoms with van der Waals surface area (Å²) in [6, 6.07) is 0. The van der Waals surface area contributed by atoms with Gasteiger partial charge in [-0.2, -0.15) is 0 Å². The Morgan fingerprint density at radius 2 is 2.10 bits per heavy atom. The van der Waals surface area contributed by atoms with Gasteiger partial charge in [-0.15, -0.1) is 23.5 Å². The molecule has 1 saturated heterocycles. The van der Waals surface area contributed by atoms with Crippen molar-refractivity contribution < 1.29 is 4.79 Å². The van der Waals surface area contributed by atoms with Crippen LogP contribution in [0.25, 0.3) is 0 Å². The Kier molecular flexibility index (Phi) is 4.30. The molecule has 1 heterocycles. The number of aldehydes is 1. The zero-order valence-corrected chi connectivity index (χ0v) is 7.55. The summed E-state index contributed by atoms with van der Waals surface area (Å²) in [5, 5.41) is 0. The second kappa shape index (κ2) is 5.08. The summed E-state index contributed by atoms with van der Waals surface area (Å²) in [6.07, 6.45) is 4.17. The molecule has 0 aromatic carbocycles. The van der Waals surface area contributed by atoms with E-state index in [1.165, 1.54) is 17.9 Å². The van der Waals surface area contributed by atoms with Crippen LogP contribution in [0.1, 0.15) is 19.3 Å². The van der Waals surface area contributed by atoms with Gasteiger partial charge in [0.05, 0.1) is 4.58 Å². The summed E-state index contributed by atoms with van der Waals surface area (Å²) in [5.41, 5.74) is 0. The van der Waals surface area contributed by atoms with Crippen molar-refractivity contribution in [3.63, 3.8) is 0 Å². The third kappa shape index (κ3) is 2.97. The van der Waals surface area contributed by atoms with Crippen molar-refractivity contribution in [2.24, 2.45) is 0 Å².